The van der Waals surface area contributed by atoms with Crippen LogP contribution in [-0.2, 0) is 0 Å². The van der Waals surface area contributed by atoms with Crippen molar-refractivity contribution >= 4 is 23.1 Å². The zero-order chi connectivity index (χ0) is 12.5. The molecule has 0 aliphatic heterocycles. The van der Waals surface area contributed by atoms with Crippen LogP contribution in [-0.4, -0.2) is 14.6 Å². The Labute approximate surface area is 107 Å². The molecule has 0 aliphatic rings. The first kappa shape index (κ1) is 11.0. The molecule has 2 N–H and O–H groups in total. The average molecular weight is 260 g/mol. The van der Waals surface area contributed by atoms with E-state index in [1.807, 2.05) is 28.8 Å². The third-order valence-electron chi connectivity index (χ3n) is 2.39. The zero-order valence-corrected chi connectivity index (χ0v) is 10.1. The summed E-state index contributed by atoms with van der Waals surface area (Å²) in [4.78, 5) is 0.700. The predicted octanol–water partition coefficient (Wildman–Crippen LogP) is 2.60. The Bertz CT molecular complexity index is 690. The van der Waals surface area contributed by atoms with Crippen LogP contribution >= 0.6 is 11.8 Å². The van der Waals surface area contributed by atoms with Crippen molar-refractivity contribution in [1.29, 1.82) is 0 Å². The fraction of sp³-hybridized carbons (Fsp3) is 0. The summed E-state index contributed by atoms with van der Waals surface area (Å²) in [5, 5.41) is 8.77. The summed E-state index contributed by atoms with van der Waals surface area (Å²) < 4.78 is 15.1. The van der Waals surface area contributed by atoms with Gasteiger partial charge in [0.1, 0.15) is 5.82 Å². The Kier molecular flexibility index (Phi) is 2.64. The van der Waals surface area contributed by atoms with Crippen molar-refractivity contribution in [2.24, 2.45) is 0 Å². The van der Waals surface area contributed by atoms with E-state index >= 15 is 0 Å². The highest BCUT2D eigenvalue weighted by Gasteiger charge is 2.07. The van der Waals surface area contributed by atoms with Crippen LogP contribution in [0.4, 0.5) is 10.1 Å². The molecule has 3 rings (SSSR count). The maximum atomic E-state index is 13.2. The van der Waals surface area contributed by atoms with Crippen LogP contribution in [0.2, 0.25) is 0 Å². The minimum absolute atomic E-state index is 0.355. The number of halogens is 1. The molecule has 3 aromatic rings. The quantitative estimate of drug-likeness (QED) is 0.720. The number of aromatic nitrogens is 3. The van der Waals surface area contributed by atoms with Crippen molar-refractivity contribution in [2.75, 3.05) is 5.73 Å². The molecular formula is C12H9FN4S. The Balaban J connectivity index is 2.01. The molecule has 0 radical (unpaired) electrons. The van der Waals surface area contributed by atoms with E-state index in [-0.39, 0.29) is 5.82 Å². The van der Waals surface area contributed by atoms with Crippen molar-refractivity contribution in [3.05, 3.63) is 48.4 Å². The Morgan fingerprint density at radius 2 is 2.06 bits per heavy atom. The van der Waals surface area contributed by atoms with Gasteiger partial charge in [0.05, 0.1) is 0 Å². The molecule has 2 heterocycles. The number of nitrogens with two attached hydrogens (primary N) is 1. The first-order chi connectivity index (χ1) is 8.72. The van der Waals surface area contributed by atoms with Crippen LogP contribution in [0.25, 0.3) is 5.65 Å². The third kappa shape index (κ3) is 2.02. The fourth-order valence-electron chi connectivity index (χ4n) is 1.64. The Hall–Kier alpha value is -2.08. The first-order valence-corrected chi connectivity index (χ1v) is 6.08. The van der Waals surface area contributed by atoms with E-state index in [1.54, 1.807) is 6.07 Å². The summed E-state index contributed by atoms with van der Waals surface area (Å²) >= 11 is 1.32. The Morgan fingerprint density at radius 1 is 1.17 bits per heavy atom. The molecule has 0 unspecified atom stereocenters. The summed E-state index contributed by atoms with van der Waals surface area (Å²) in [6.07, 6.45) is 1.86. The van der Waals surface area contributed by atoms with Gasteiger partial charge in [0.25, 0.3) is 0 Å². The van der Waals surface area contributed by atoms with E-state index in [4.69, 9.17) is 5.73 Å². The van der Waals surface area contributed by atoms with Crippen LogP contribution in [0.3, 0.4) is 0 Å². The summed E-state index contributed by atoms with van der Waals surface area (Å²) in [7, 11) is 0. The fourth-order valence-corrected chi connectivity index (χ4v) is 2.55. The van der Waals surface area contributed by atoms with Gasteiger partial charge in [-0.3, -0.25) is 4.40 Å². The van der Waals surface area contributed by atoms with Crippen LogP contribution in [0.1, 0.15) is 0 Å². The minimum atomic E-state index is -0.355. The summed E-state index contributed by atoms with van der Waals surface area (Å²) in [5.41, 5.74) is 6.75. The molecule has 0 bridgehead atoms. The van der Waals surface area contributed by atoms with Gasteiger partial charge in [-0.1, -0.05) is 6.07 Å². The Morgan fingerprint density at radius 3 is 2.89 bits per heavy atom. The van der Waals surface area contributed by atoms with Gasteiger partial charge in [0.15, 0.2) is 10.8 Å². The SMILES string of the molecule is Nc1cc(F)cc(Sc2nnc3ccccn23)c1. The van der Waals surface area contributed by atoms with Crippen LogP contribution in [0.15, 0.2) is 52.6 Å². The summed E-state index contributed by atoms with van der Waals surface area (Å²) in [6, 6.07) is 10.0. The monoisotopic (exact) mass is 260 g/mol. The number of nitrogen functional groups attached to an aromatic ring is 1. The molecule has 0 amide bonds. The molecule has 6 heteroatoms. The van der Waals surface area contributed by atoms with Crippen molar-refractivity contribution in [3.8, 4) is 0 Å². The van der Waals surface area contributed by atoms with Crippen molar-refractivity contribution < 1.29 is 4.39 Å². The van der Waals surface area contributed by atoms with Gasteiger partial charge in [0, 0.05) is 16.8 Å². The van der Waals surface area contributed by atoms with E-state index in [9.17, 15) is 4.39 Å². The van der Waals surface area contributed by atoms with E-state index in [0.717, 1.165) is 5.65 Å². The first-order valence-electron chi connectivity index (χ1n) is 5.26. The van der Waals surface area contributed by atoms with Crippen molar-refractivity contribution in [2.45, 2.75) is 10.1 Å². The highest BCUT2D eigenvalue weighted by Crippen LogP contribution is 2.28. The highest BCUT2D eigenvalue weighted by atomic mass is 32.2. The number of nitrogens with zero attached hydrogens (tertiary/aromatic N) is 3. The van der Waals surface area contributed by atoms with Crippen molar-refractivity contribution in [3.63, 3.8) is 0 Å². The molecule has 4 nitrogen and oxygen atoms in total. The summed E-state index contributed by atoms with van der Waals surface area (Å²) in [6.45, 7) is 0. The maximum absolute atomic E-state index is 13.2. The van der Waals surface area contributed by atoms with E-state index < -0.39 is 0 Å². The van der Waals surface area contributed by atoms with Gasteiger partial charge in [0.2, 0.25) is 0 Å². The average Bonchev–Trinajstić information content (AvgIpc) is 2.72. The molecule has 18 heavy (non-hydrogen) atoms. The molecule has 0 saturated heterocycles. The van der Waals surface area contributed by atoms with Gasteiger partial charge in [-0.25, -0.2) is 4.39 Å². The number of benzene rings is 1. The second-order valence-electron chi connectivity index (χ2n) is 3.73. The van der Waals surface area contributed by atoms with Crippen LogP contribution in [0.5, 0.6) is 0 Å². The molecule has 2 aromatic heterocycles. The minimum Gasteiger partial charge on any atom is -0.399 e. The molecule has 0 atom stereocenters. The van der Waals surface area contributed by atoms with Gasteiger partial charge >= 0.3 is 0 Å². The second-order valence-corrected chi connectivity index (χ2v) is 4.77. The highest BCUT2D eigenvalue weighted by molar-refractivity contribution is 7.99. The lowest BCUT2D eigenvalue weighted by Crippen LogP contribution is -1.89. The number of hydrogen-bond donors (Lipinski definition) is 1. The largest absolute Gasteiger partial charge is 0.399 e. The molecule has 0 fully saturated rings. The topological polar surface area (TPSA) is 56.2 Å². The molecule has 0 saturated carbocycles. The maximum Gasteiger partial charge on any atom is 0.200 e. The standard InChI is InChI=1S/C12H9FN4S/c13-8-5-9(14)7-10(6-8)18-12-16-15-11-3-1-2-4-17(11)12/h1-7H,14H2. The molecule has 0 spiro atoms. The second kappa shape index (κ2) is 4.30. The number of rotatable bonds is 2. The molecule has 1 aromatic carbocycles. The van der Waals surface area contributed by atoms with Gasteiger partial charge in [-0.2, -0.15) is 0 Å². The molecule has 90 valence electrons. The van der Waals surface area contributed by atoms with E-state index in [1.165, 1.54) is 23.9 Å². The zero-order valence-electron chi connectivity index (χ0n) is 9.25. The molecular weight excluding hydrogens is 251 g/mol. The number of anilines is 1. The van der Waals surface area contributed by atoms with Crippen LogP contribution < -0.4 is 5.73 Å². The van der Waals surface area contributed by atoms with Crippen molar-refractivity contribution in [1.82, 2.24) is 14.6 Å². The summed E-state index contributed by atoms with van der Waals surface area (Å²) in [5.74, 6) is -0.355. The van der Waals surface area contributed by atoms with Crippen LogP contribution in [0, 0.1) is 5.82 Å². The number of hydrogen-bond acceptors (Lipinski definition) is 4. The van der Waals surface area contributed by atoms with Gasteiger partial charge in [-0.15, -0.1) is 10.2 Å². The normalized spacial score (nSPS) is 10.9. The van der Waals surface area contributed by atoms with E-state index in [2.05, 4.69) is 10.2 Å². The molecule has 0 aliphatic carbocycles. The lowest BCUT2D eigenvalue weighted by Gasteiger charge is -2.01. The van der Waals surface area contributed by atoms with E-state index in [0.29, 0.717) is 15.7 Å². The van der Waals surface area contributed by atoms with Gasteiger partial charge in [-0.05, 0) is 42.1 Å². The lowest BCUT2D eigenvalue weighted by molar-refractivity contribution is 0.625. The smallest absolute Gasteiger partial charge is 0.200 e. The van der Waals surface area contributed by atoms with Gasteiger partial charge < -0.3 is 5.73 Å². The lowest BCUT2D eigenvalue weighted by atomic mass is 10.3. The predicted molar refractivity (Wildman–Crippen MR) is 67.9 cm³/mol. The third-order valence-corrected chi connectivity index (χ3v) is 3.32. The number of fused-ring (bicyclic) bond motifs is 1. The number of pyridine rings is 1.